The van der Waals surface area contributed by atoms with E-state index in [2.05, 4.69) is 10.5 Å². The van der Waals surface area contributed by atoms with Crippen molar-refractivity contribution in [2.45, 2.75) is 19.6 Å². The molecule has 4 aromatic rings. The molecule has 0 fully saturated rings. The highest BCUT2D eigenvalue weighted by atomic mass is 32.2. The van der Waals surface area contributed by atoms with Crippen molar-refractivity contribution in [3.63, 3.8) is 0 Å². The van der Waals surface area contributed by atoms with Crippen LogP contribution in [0.2, 0.25) is 0 Å². The molecular weight excluding hydrogens is 514 g/mol. The predicted molar refractivity (Wildman–Crippen MR) is 153 cm³/mol. The van der Waals surface area contributed by atoms with Crippen LogP contribution in [0.3, 0.4) is 0 Å². The van der Waals surface area contributed by atoms with Crippen LogP contribution in [0.4, 0.5) is 5.69 Å². The van der Waals surface area contributed by atoms with Crippen molar-refractivity contribution < 1.29 is 22.7 Å². The number of hydrazone groups is 1. The van der Waals surface area contributed by atoms with Gasteiger partial charge in [0.15, 0.2) is 0 Å². The smallest absolute Gasteiger partial charge is 0.263 e. The quantitative estimate of drug-likeness (QED) is 0.203. The molecule has 0 aliphatic carbocycles. The van der Waals surface area contributed by atoms with Gasteiger partial charge in [0, 0.05) is 0 Å². The number of hydrogen-bond acceptors (Lipinski definition) is 6. The monoisotopic (exact) mass is 543 g/mol. The number of amides is 1. The van der Waals surface area contributed by atoms with E-state index in [0.717, 1.165) is 21.7 Å². The molecule has 8 nitrogen and oxygen atoms in total. The largest absolute Gasteiger partial charge is 0.489 e. The van der Waals surface area contributed by atoms with Crippen molar-refractivity contribution >= 4 is 27.8 Å². The zero-order valence-corrected chi connectivity index (χ0v) is 22.4. The summed E-state index contributed by atoms with van der Waals surface area (Å²) in [5.41, 5.74) is 4.57. The van der Waals surface area contributed by atoms with Gasteiger partial charge in [-0.15, -0.1) is 0 Å². The minimum absolute atomic E-state index is 0.329. The number of sulfonamides is 1. The summed E-state index contributed by atoms with van der Waals surface area (Å²) in [6.45, 7) is 1.96. The number of para-hydroxylation sites is 1. The Labute approximate surface area is 228 Å². The molecule has 0 saturated heterocycles. The van der Waals surface area contributed by atoms with Crippen LogP contribution < -0.4 is 19.2 Å². The molecule has 0 radical (unpaired) electrons. The highest BCUT2D eigenvalue weighted by Crippen LogP contribution is 2.27. The van der Waals surface area contributed by atoms with Crippen LogP contribution in [0.5, 0.6) is 17.2 Å². The Morgan fingerprint density at radius 1 is 0.846 bits per heavy atom. The maximum Gasteiger partial charge on any atom is 0.263 e. The lowest BCUT2D eigenvalue weighted by Crippen LogP contribution is -2.46. The zero-order chi connectivity index (χ0) is 27.7. The molecular formula is C30H29N3O5S. The molecule has 0 spiro atoms. The fourth-order valence-corrected chi connectivity index (χ4v) is 4.92. The van der Waals surface area contributed by atoms with Crippen molar-refractivity contribution in [3.8, 4) is 17.2 Å². The molecule has 0 saturated carbocycles. The Hall–Kier alpha value is -4.63. The zero-order valence-electron chi connectivity index (χ0n) is 21.6. The number of nitrogens with zero attached hydrogens (tertiary/aromatic N) is 2. The molecule has 4 aromatic carbocycles. The average molecular weight is 544 g/mol. The molecule has 0 bridgehead atoms. The molecule has 0 aliphatic heterocycles. The molecule has 1 atom stereocenters. The summed E-state index contributed by atoms with van der Waals surface area (Å²) in [7, 11) is -3.78. The highest BCUT2D eigenvalue weighted by Gasteiger charge is 2.29. The van der Waals surface area contributed by atoms with Gasteiger partial charge in [0.1, 0.15) is 29.9 Å². The molecule has 0 unspecified atom stereocenters. The number of benzene rings is 4. The third-order valence-electron chi connectivity index (χ3n) is 5.68. The Bertz CT molecular complexity index is 1490. The van der Waals surface area contributed by atoms with Gasteiger partial charge in [-0.1, -0.05) is 48.5 Å². The number of hydrogen-bond donors (Lipinski definition) is 1. The van der Waals surface area contributed by atoms with E-state index in [9.17, 15) is 13.2 Å². The molecule has 0 aliphatic rings. The number of anilines is 1. The van der Waals surface area contributed by atoms with Crippen molar-refractivity contribution in [1.29, 1.82) is 0 Å². The number of rotatable bonds is 11. The fourth-order valence-electron chi connectivity index (χ4n) is 3.75. The van der Waals surface area contributed by atoms with Crippen LogP contribution in [0.1, 0.15) is 18.1 Å². The van der Waals surface area contributed by atoms with Gasteiger partial charge in [0.25, 0.3) is 5.91 Å². The van der Waals surface area contributed by atoms with Gasteiger partial charge in [-0.3, -0.25) is 9.10 Å². The standard InChI is InChI=1S/C30H29N3O5S/c1-23(33(39(2,35)36)26-15-19-29(20-16-26)38-28-11-7-4-8-12-28)30(34)32-31-21-24-13-17-27(18-14-24)37-22-25-9-5-3-6-10-25/h3-21,23H,22H2,1-2H3,(H,32,34)/b31-21-/t23-/m0/s1. The van der Waals surface area contributed by atoms with Crippen LogP contribution in [-0.2, 0) is 21.4 Å². The average Bonchev–Trinajstić information content (AvgIpc) is 2.94. The minimum Gasteiger partial charge on any atom is -0.489 e. The van der Waals surface area contributed by atoms with E-state index in [4.69, 9.17) is 9.47 Å². The second kappa shape index (κ2) is 12.7. The lowest BCUT2D eigenvalue weighted by Gasteiger charge is -2.27. The van der Waals surface area contributed by atoms with E-state index in [1.807, 2.05) is 72.8 Å². The summed E-state index contributed by atoms with van der Waals surface area (Å²) < 4.78 is 37.8. The third-order valence-corrected chi connectivity index (χ3v) is 6.92. The topological polar surface area (TPSA) is 97.3 Å². The van der Waals surface area contributed by atoms with Crippen molar-refractivity contribution in [3.05, 3.63) is 120 Å². The summed E-state index contributed by atoms with van der Waals surface area (Å²) in [4.78, 5) is 12.8. The summed E-state index contributed by atoms with van der Waals surface area (Å²) in [5, 5.41) is 4.00. The summed E-state index contributed by atoms with van der Waals surface area (Å²) >= 11 is 0. The molecule has 39 heavy (non-hydrogen) atoms. The molecule has 200 valence electrons. The second-order valence-electron chi connectivity index (χ2n) is 8.72. The molecule has 1 amide bonds. The number of carbonyl (C=O) groups excluding carboxylic acids is 1. The van der Waals surface area contributed by atoms with Gasteiger partial charge in [0.05, 0.1) is 18.2 Å². The summed E-state index contributed by atoms with van der Waals surface area (Å²) in [5.74, 6) is 1.32. The highest BCUT2D eigenvalue weighted by molar-refractivity contribution is 7.92. The van der Waals surface area contributed by atoms with Crippen LogP contribution in [-0.4, -0.2) is 32.8 Å². The Kier molecular flexibility index (Phi) is 8.96. The number of nitrogens with one attached hydrogen (secondary N) is 1. The first-order valence-electron chi connectivity index (χ1n) is 12.2. The van der Waals surface area contributed by atoms with Crippen LogP contribution in [0.15, 0.2) is 114 Å². The minimum atomic E-state index is -3.78. The maximum absolute atomic E-state index is 12.8. The van der Waals surface area contributed by atoms with Gasteiger partial charge >= 0.3 is 0 Å². The Morgan fingerprint density at radius 2 is 1.41 bits per heavy atom. The Morgan fingerprint density at radius 3 is 2.03 bits per heavy atom. The normalized spacial score (nSPS) is 12.1. The summed E-state index contributed by atoms with van der Waals surface area (Å²) in [6, 6.07) is 31.8. The van der Waals surface area contributed by atoms with Gasteiger partial charge in [-0.05, 0) is 78.7 Å². The number of ether oxygens (including phenoxy) is 2. The van der Waals surface area contributed by atoms with E-state index >= 15 is 0 Å². The van der Waals surface area contributed by atoms with Crippen molar-refractivity contribution in [2.24, 2.45) is 5.10 Å². The van der Waals surface area contributed by atoms with Crippen molar-refractivity contribution in [1.82, 2.24) is 5.43 Å². The van der Waals surface area contributed by atoms with Gasteiger partial charge in [-0.25, -0.2) is 13.8 Å². The van der Waals surface area contributed by atoms with Crippen LogP contribution in [0.25, 0.3) is 0 Å². The molecule has 9 heteroatoms. The fraction of sp³-hybridized carbons (Fsp3) is 0.133. The molecule has 1 N–H and O–H groups in total. The van der Waals surface area contributed by atoms with Gasteiger partial charge in [-0.2, -0.15) is 5.10 Å². The number of carbonyl (C=O) groups is 1. The van der Waals surface area contributed by atoms with E-state index in [1.54, 1.807) is 36.4 Å². The van der Waals surface area contributed by atoms with Gasteiger partial charge < -0.3 is 9.47 Å². The van der Waals surface area contributed by atoms with Crippen molar-refractivity contribution in [2.75, 3.05) is 10.6 Å². The Balaban J connectivity index is 1.35. The second-order valence-corrected chi connectivity index (χ2v) is 10.6. The first-order valence-corrected chi connectivity index (χ1v) is 14.1. The molecule has 4 rings (SSSR count). The lowest BCUT2D eigenvalue weighted by molar-refractivity contribution is -0.121. The first-order chi connectivity index (χ1) is 18.8. The van der Waals surface area contributed by atoms with Crippen LogP contribution >= 0.6 is 0 Å². The van der Waals surface area contributed by atoms with E-state index in [-0.39, 0.29) is 0 Å². The SMILES string of the molecule is C[C@@H](C(=O)N/N=C\c1ccc(OCc2ccccc2)cc1)N(c1ccc(Oc2ccccc2)cc1)S(C)(=O)=O. The predicted octanol–water partition coefficient (Wildman–Crippen LogP) is 5.36. The maximum atomic E-state index is 12.8. The van der Waals surface area contributed by atoms with Crippen LogP contribution in [0, 0.1) is 0 Å². The third kappa shape index (κ3) is 7.93. The molecule has 0 aromatic heterocycles. The first kappa shape index (κ1) is 27.4. The van der Waals surface area contributed by atoms with Gasteiger partial charge in [0.2, 0.25) is 10.0 Å². The van der Waals surface area contributed by atoms with E-state index in [0.29, 0.717) is 29.5 Å². The van der Waals surface area contributed by atoms with E-state index in [1.165, 1.54) is 13.1 Å². The molecule has 0 heterocycles. The van der Waals surface area contributed by atoms with E-state index < -0.39 is 22.0 Å². The lowest BCUT2D eigenvalue weighted by atomic mass is 10.2. The summed E-state index contributed by atoms with van der Waals surface area (Å²) in [6.07, 6.45) is 2.53.